The molecule has 1 heterocycles. The average molecular weight is 498 g/mol. The Morgan fingerprint density at radius 1 is 1.11 bits per heavy atom. The van der Waals surface area contributed by atoms with Crippen LogP contribution in [0.1, 0.15) is 32.4 Å². The number of fused-ring (bicyclic) bond motifs is 1. The topological polar surface area (TPSA) is 127 Å². The molecule has 35 heavy (non-hydrogen) atoms. The number of nitrogens with one attached hydrogen (secondary N) is 1. The Hall–Kier alpha value is -3.16. The van der Waals surface area contributed by atoms with Crippen molar-refractivity contribution in [3.63, 3.8) is 0 Å². The van der Waals surface area contributed by atoms with Gasteiger partial charge in [0.1, 0.15) is 17.6 Å². The lowest BCUT2D eigenvalue weighted by Gasteiger charge is -2.24. The zero-order chi connectivity index (χ0) is 25.4. The summed E-state index contributed by atoms with van der Waals surface area (Å²) < 4.78 is 32.6. The third kappa shape index (κ3) is 6.71. The molecule has 0 fully saturated rings. The van der Waals surface area contributed by atoms with Gasteiger partial charge < -0.3 is 19.5 Å². The standard InChI is InChI=1S/C26H31N3O5S/c1-3-11-29(12-4-2)22-8-7-19-13-21(6-5-20(19)14-22)26-10-9-24(34-26)15-25(16-27)35(32,33)28-17-23(31)18-30/h5-10,13-15,23,28,30-31H,3-4,11-12,17-18H2,1-2H3/b25-15+. The number of rotatable bonds is 12. The highest BCUT2D eigenvalue weighted by atomic mass is 32.2. The molecule has 3 rings (SSSR count). The van der Waals surface area contributed by atoms with Crippen molar-refractivity contribution >= 4 is 32.6 Å². The number of aliphatic hydroxyl groups is 2. The summed E-state index contributed by atoms with van der Waals surface area (Å²) in [7, 11) is -4.16. The minimum absolute atomic E-state index is 0.204. The van der Waals surface area contributed by atoms with Crippen molar-refractivity contribution in [3.05, 3.63) is 59.2 Å². The summed E-state index contributed by atoms with van der Waals surface area (Å²) in [6, 6.07) is 17.3. The van der Waals surface area contributed by atoms with Gasteiger partial charge in [0, 0.05) is 37.0 Å². The molecule has 0 radical (unpaired) electrons. The Kier molecular flexibility index (Phi) is 9.07. The van der Waals surface area contributed by atoms with Gasteiger partial charge in [0.25, 0.3) is 10.0 Å². The number of benzene rings is 2. The van der Waals surface area contributed by atoms with Crippen LogP contribution in [0.3, 0.4) is 0 Å². The van der Waals surface area contributed by atoms with E-state index in [9.17, 15) is 18.8 Å². The zero-order valence-corrected chi connectivity index (χ0v) is 20.8. The number of nitriles is 1. The van der Waals surface area contributed by atoms with Gasteiger partial charge in [-0.15, -0.1) is 0 Å². The van der Waals surface area contributed by atoms with E-state index in [1.54, 1.807) is 18.2 Å². The van der Waals surface area contributed by atoms with Gasteiger partial charge in [0.15, 0.2) is 4.91 Å². The summed E-state index contributed by atoms with van der Waals surface area (Å²) in [4.78, 5) is 1.83. The molecular formula is C26H31N3O5S. The van der Waals surface area contributed by atoms with Crippen LogP contribution in [0.15, 0.2) is 57.9 Å². The van der Waals surface area contributed by atoms with Gasteiger partial charge in [0.05, 0.1) is 12.7 Å². The summed E-state index contributed by atoms with van der Waals surface area (Å²) in [5.41, 5.74) is 2.03. The molecule has 3 aromatic rings. The summed E-state index contributed by atoms with van der Waals surface area (Å²) in [5.74, 6) is 0.744. The van der Waals surface area contributed by atoms with E-state index < -0.39 is 34.2 Å². The maximum absolute atomic E-state index is 12.3. The fourth-order valence-corrected chi connectivity index (χ4v) is 4.68. The second-order valence-electron chi connectivity index (χ2n) is 8.24. The van der Waals surface area contributed by atoms with Crippen LogP contribution in [0.2, 0.25) is 0 Å². The molecule has 1 aromatic heterocycles. The molecule has 0 aliphatic rings. The van der Waals surface area contributed by atoms with Crippen LogP contribution in [0, 0.1) is 11.3 Å². The van der Waals surface area contributed by atoms with Crippen molar-refractivity contribution in [2.45, 2.75) is 32.8 Å². The first kappa shape index (κ1) is 26.4. The van der Waals surface area contributed by atoms with Gasteiger partial charge in [-0.3, -0.25) is 0 Å². The van der Waals surface area contributed by atoms with Gasteiger partial charge in [-0.1, -0.05) is 32.0 Å². The summed E-state index contributed by atoms with van der Waals surface area (Å²) >= 11 is 0. The molecule has 8 nitrogen and oxygen atoms in total. The number of nitrogens with zero attached hydrogens (tertiary/aromatic N) is 2. The fourth-order valence-electron chi connectivity index (χ4n) is 3.73. The van der Waals surface area contributed by atoms with E-state index >= 15 is 0 Å². The highest BCUT2D eigenvalue weighted by Crippen LogP contribution is 2.29. The minimum atomic E-state index is -4.16. The number of allylic oxidation sites excluding steroid dienone is 1. The van der Waals surface area contributed by atoms with Crippen molar-refractivity contribution in [3.8, 4) is 17.4 Å². The molecule has 1 atom stereocenters. The number of aliphatic hydroxyl groups excluding tert-OH is 2. The first-order valence-corrected chi connectivity index (χ1v) is 13.1. The van der Waals surface area contributed by atoms with E-state index in [1.807, 2.05) is 18.2 Å². The Bertz CT molecular complexity index is 1320. The first-order chi connectivity index (χ1) is 16.8. The Labute approximate surface area is 206 Å². The zero-order valence-electron chi connectivity index (χ0n) is 19.9. The van der Waals surface area contributed by atoms with Crippen LogP contribution < -0.4 is 9.62 Å². The summed E-state index contributed by atoms with van der Waals surface area (Å²) in [5, 5.41) is 29.7. The molecule has 0 saturated heterocycles. The number of furan rings is 1. The molecule has 0 aliphatic carbocycles. The van der Waals surface area contributed by atoms with Gasteiger partial charge in [0.2, 0.25) is 0 Å². The largest absolute Gasteiger partial charge is 0.457 e. The molecule has 0 spiro atoms. The number of sulfonamides is 1. The van der Waals surface area contributed by atoms with E-state index in [2.05, 4.69) is 41.7 Å². The normalized spacial score (nSPS) is 13.1. The number of anilines is 1. The lowest BCUT2D eigenvalue weighted by molar-refractivity contribution is 0.0989. The molecule has 0 amide bonds. The van der Waals surface area contributed by atoms with Crippen molar-refractivity contribution < 1.29 is 23.0 Å². The van der Waals surface area contributed by atoms with E-state index in [0.717, 1.165) is 48.3 Å². The first-order valence-electron chi connectivity index (χ1n) is 11.6. The maximum atomic E-state index is 12.3. The third-order valence-corrected chi connectivity index (χ3v) is 6.81. The predicted molar refractivity (Wildman–Crippen MR) is 138 cm³/mol. The van der Waals surface area contributed by atoms with Crippen LogP contribution in [0.4, 0.5) is 5.69 Å². The molecule has 3 N–H and O–H groups in total. The third-order valence-electron chi connectivity index (χ3n) is 5.48. The monoisotopic (exact) mass is 497 g/mol. The lowest BCUT2D eigenvalue weighted by atomic mass is 10.0. The number of hydrogen-bond acceptors (Lipinski definition) is 7. The smallest absolute Gasteiger partial charge is 0.250 e. The van der Waals surface area contributed by atoms with Crippen LogP contribution in [-0.4, -0.2) is 51.0 Å². The van der Waals surface area contributed by atoms with E-state index in [-0.39, 0.29) is 5.76 Å². The molecule has 9 heteroatoms. The molecule has 2 aromatic carbocycles. The molecule has 0 bridgehead atoms. The second kappa shape index (κ2) is 12.0. The van der Waals surface area contributed by atoms with Crippen molar-refractivity contribution in [1.29, 1.82) is 5.26 Å². The SMILES string of the molecule is CCCN(CCC)c1ccc2cc(-c3ccc(/C=C(\C#N)S(=O)(=O)NCC(O)CO)o3)ccc2c1. The molecular weight excluding hydrogens is 466 g/mol. The van der Waals surface area contributed by atoms with Gasteiger partial charge in [-0.2, -0.15) is 5.26 Å². The van der Waals surface area contributed by atoms with Crippen molar-refractivity contribution in [2.75, 3.05) is 31.1 Å². The van der Waals surface area contributed by atoms with Gasteiger partial charge >= 0.3 is 0 Å². The van der Waals surface area contributed by atoms with Gasteiger partial charge in [-0.05, 0) is 53.9 Å². The van der Waals surface area contributed by atoms with Crippen LogP contribution in [0.25, 0.3) is 28.2 Å². The highest BCUT2D eigenvalue weighted by molar-refractivity contribution is 7.93. The number of hydrogen-bond donors (Lipinski definition) is 3. The minimum Gasteiger partial charge on any atom is -0.457 e. The van der Waals surface area contributed by atoms with E-state index in [4.69, 9.17) is 9.52 Å². The van der Waals surface area contributed by atoms with Crippen molar-refractivity contribution in [2.24, 2.45) is 0 Å². The Morgan fingerprint density at radius 2 is 1.80 bits per heavy atom. The lowest BCUT2D eigenvalue weighted by Crippen LogP contribution is -2.34. The summed E-state index contributed by atoms with van der Waals surface area (Å²) in [6.07, 6.45) is 2.04. The van der Waals surface area contributed by atoms with E-state index in [0.29, 0.717) is 5.76 Å². The fraction of sp³-hybridized carbons (Fsp3) is 0.346. The molecule has 0 aliphatic heterocycles. The predicted octanol–water partition coefficient (Wildman–Crippen LogP) is 3.86. The quantitative estimate of drug-likeness (QED) is 0.324. The maximum Gasteiger partial charge on any atom is 0.250 e. The van der Waals surface area contributed by atoms with Crippen molar-refractivity contribution in [1.82, 2.24) is 4.72 Å². The second-order valence-corrected chi connectivity index (χ2v) is 9.98. The van der Waals surface area contributed by atoms with Gasteiger partial charge in [-0.25, -0.2) is 13.1 Å². The highest BCUT2D eigenvalue weighted by Gasteiger charge is 2.19. The van der Waals surface area contributed by atoms with E-state index in [1.165, 1.54) is 5.69 Å². The van der Waals surface area contributed by atoms with Crippen LogP contribution >= 0.6 is 0 Å². The average Bonchev–Trinajstić information content (AvgIpc) is 3.33. The van der Waals surface area contributed by atoms with Crippen LogP contribution in [-0.2, 0) is 10.0 Å². The Morgan fingerprint density at radius 3 is 2.46 bits per heavy atom. The van der Waals surface area contributed by atoms with Crippen LogP contribution in [0.5, 0.6) is 0 Å². The Balaban J connectivity index is 1.84. The summed E-state index contributed by atoms with van der Waals surface area (Å²) in [6.45, 7) is 5.37. The molecule has 186 valence electrons. The molecule has 0 saturated carbocycles. The molecule has 1 unspecified atom stereocenters.